The first-order valence-corrected chi connectivity index (χ1v) is 5.37. The molecular weight excluding hydrogens is 241 g/mol. The minimum atomic E-state index is -1.53. The SMILES string of the molecule is Cc1ccc(C(=O)NCC[C@H](O)C(=O)O)c(F)c1. The highest BCUT2D eigenvalue weighted by molar-refractivity contribution is 5.94. The molecule has 0 aliphatic rings. The topological polar surface area (TPSA) is 86.6 Å². The van der Waals surface area contributed by atoms with E-state index >= 15 is 0 Å². The zero-order valence-electron chi connectivity index (χ0n) is 9.81. The van der Waals surface area contributed by atoms with Gasteiger partial charge in [0.25, 0.3) is 5.91 Å². The van der Waals surface area contributed by atoms with E-state index in [2.05, 4.69) is 5.32 Å². The molecule has 18 heavy (non-hydrogen) atoms. The van der Waals surface area contributed by atoms with Gasteiger partial charge in [0.2, 0.25) is 0 Å². The van der Waals surface area contributed by atoms with Crippen LogP contribution in [0.2, 0.25) is 0 Å². The third-order valence-electron chi connectivity index (χ3n) is 2.36. The molecule has 0 spiro atoms. The third kappa shape index (κ3) is 3.81. The number of carbonyl (C=O) groups excluding carboxylic acids is 1. The first kappa shape index (κ1) is 14.1. The van der Waals surface area contributed by atoms with Crippen LogP contribution in [-0.4, -0.2) is 34.7 Å². The van der Waals surface area contributed by atoms with Gasteiger partial charge < -0.3 is 15.5 Å². The molecule has 1 aromatic rings. The Balaban J connectivity index is 2.53. The number of carboxylic acid groups (broad SMARTS) is 1. The molecule has 0 aliphatic carbocycles. The number of aliphatic hydroxyl groups excluding tert-OH is 1. The lowest BCUT2D eigenvalue weighted by molar-refractivity contribution is -0.146. The summed E-state index contributed by atoms with van der Waals surface area (Å²) < 4.78 is 13.4. The standard InChI is InChI=1S/C12H14FNO4/c1-7-2-3-8(9(13)6-7)11(16)14-5-4-10(15)12(17)18/h2-3,6,10,15H,4-5H2,1H3,(H,14,16)(H,17,18)/t10-/m0/s1. The molecule has 3 N–H and O–H groups in total. The van der Waals surface area contributed by atoms with Crippen LogP contribution in [0.1, 0.15) is 22.3 Å². The maximum atomic E-state index is 13.4. The molecule has 1 aromatic carbocycles. The van der Waals surface area contributed by atoms with E-state index in [-0.39, 0.29) is 18.5 Å². The molecule has 0 aliphatic heterocycles. The molecule has 0 heterocycles. The van der Waals surface area contributed by atoms with Crippen molar-refractivity contribution < 1.29 is 24.2 Å². The Morgan fingerprint density at radius 2 is 2.11 bits per heavy atom. The number of amides is 1. The molecule has 0 radical (unpaired) electrons. The second-order valence-corrected chi connectivity index (χ2v) is 3.88. The number of aliphatic hydroxyl groups is 1. The number of halogens is 1. The molecule has 0 aromatic heterocycles. The fourth-order valence-corrected chi connectivity index (χ4v) is 1.35. The zero-order valence-corrected chi connectivity index (χ0v) is 9.81. The molecule has 1 rings (SSSR count). The summed E-state index contributed by atoms with van der Waals surface area (Å²) in [5.74, 6) is -2.62. The van der Waals surface area contributed by atoms with Gasteiger partial charge in [-0.05, 0) is 24.6 Å². The van der Waals surface area contributed by atoms with Gasteiger partial charge >= 0.3 is 5.97 Å². The average molecular weight is 255 g/mol. The van der Waals surface area contributed by atoms with Crippen molar-refractivity contribution in [2.24, 2.45) is 0 Å². The van der Waals surface area contributed by atoms with E-state index < -0.39 is 23.8 Å². The number of benzene rings is 1. The Hall–Kier alpha value is -1.95. The van der Waals surface area contributed by atoms with Gasteiger partial charge in [0.1, 0.15) is 5.82 Å². The quantitative estimate of drug-likeness (QED) is 0.722. The van der Waals surface area contributed by atoms with Crippen LogP contribution >= 0.6 is 0 Å². The molecular formula is C12H14FNO4. The van der Waals surface area contributed by atoms with E-state index in [0.29, 0.717) is 5.56 Å². The molecule has 5 nitrogen and oxygen atoms in total. The second kappa shape index (κ2) is 6.11. The minimum absolute atomic E-state index is 0.0420. The lowest BCUT2D eigenvalue weighted by Crippen LogP contribution is -2.30. The predicted octanol–water partition coefficient (Wildman–Crippen LogP) is 0.700. The molecule has 0 saturated carbocycles. The Labute approximate surface area is 103 Å². The fraction of sp³-hybridized carbons (Fsp3) is 0.333. The number of hydrogen-bond donors (Lipinski definition) is 3. The van der Waals surface area contributed by atoms with Crippen molar-refractivity contribution in [3.05, 3.63) is 35.1 Å². The Bertz CT molecular complexity index is 461. The van der Waals surface area contributed by atoms with Gasteiger partial charge in [0.15, 0.2) is 6.10 Å². The van der Waals surface area contributed by atoms with Crippen LogP contribution in [0, 0.1) is 12.7 Å². The van der Waals surface area contributed by atoms with Crippen molar-refractivity contribution in [2.45, 2.75) is 19.4 Å². The van der Waals surface area contributed by atoms with E-state index in [1.54, 1.807) is 13.0 Å². The van der Waals surface area contributed by atoms with E-state index in [1.807, 2.05) is 0 Å². The smallest absolute Gasteiger partial charge is 0.332 e. The van der Waals surface area contributed by atoms with Crippen LogP contribution in [0.4, 0.5) is 4.39 Å². The summed E-state index contributed by atoms with van der Waals surface area (Å²) >= 11 is 0. The van der Waals surface area contributed by atoms with Gasteiger partial charge in [-0.15, -0.1) is 0 Å². The summed E-state index contributed by atoms with van der Waals surface area (Å²) in [4.78, 5) is 21.9. The van der Waals surface area contributed by atoms with Crippen LogP contribution in [0.5, 0.6) is 0 Å². The molecule has 0 fully saturated rings. The number of nitrogens with one attached hydrogen (secondary N) is 1. The number of carbonyl (C=O) groups is 2. The number of aryl methyl sites for hydroxylation is 1. The van der Waals surface area contributed by atoms with Crippen molar-refractivity contribution in [1.29, 1.82) is 0 Å². The second-order valence-electron chi connectivity index (χ2n) is 3.88. The summed E-state index contributed by atoms with van der Waals surface area (Å²) in [6.07, 6.45) is -1.66. The molecule has 0 saturated heterocycles. The van der Waals surface area contributed by atoms with Gasteiger partial charge in [-0.1, -0.05) is 6.07 Å². The van der Waals surface area contributed by atoms with E-state index in [4.69, 9.17) is 10.2 Å². The Morgan fingerprint density at radius 1 is 1.44 bits per heavy atom. The highest BCUT2D eigenvalue weighted by Crippen LogP contribution is 2.09. The van der Waals surface area contributed by atoms with E-state index in [9.17, 15) is 14.0 Å². The molecule has 1 amide bonds. The van der Waals surface area contributed by atoms with Gasteiger partial charge in [-0.25, -0.2) is 9.18 Å². The predicted molar refractivity (Wildman–Crippen MR) is 61.7 cm³/mol. The highest BCUT2D eigenvalue weighted by Gasteiger charge is 2.15. The monoisotopic (exact) mass is 255 g/mol. The molecule has 0 unspecified atom stereocenters. The maximum absolute atomic E-state index is 13.4. The summed E-state index contributed by atoms with van der Waals surface area (Å²) in [5, 5.41) is 19.7. The minimum Gasteiger partial charge on any atom is -0.479 e. The van der Waals surface area contributed by atoms with Gasteiger partial charge in [0.05, 0.1) is 5.56 Å². The summed E-state index contributed by atoms with van der Waals surface area (Å²) in [6, 6.07) is 4.19. The lowest BCUT2D eigenvalue weighted by Gasteiger charge is -2.08. The van der Waals surface area contributed by atoms with Crippen LogP contribution in [-0.2, 0) is 4.79 Å². The van der Waals surface area contributed by atoms with Crippen molar-refractivity contribution in [2.75, 3.05) is 6.54 Å². The molecule has 0 bridgehead atoms. The first-order chi connectivity index (χ1) is 8.41. The molecule has 6 heteroatoms. The number of carboxylic acids is 1. The number of hydrogen-bond acceptors (Lipinski definition) is 3. The maximum Gasteiger partial charge on any atom is 0.332 e. The van der Waals surface area contributed by atoms with Gasteiger partial charge in [-0.3, -0.25) is 4.79 Å². The van der Waals surface area contributed by atoms with Crippen molar-refractivity contribution in [3.63, 3.8) is 0 Å². The molecule has 1 atom stereocenters. The van der Waals surface area contributed by atoms with E-state index in [0.717, 1.165) is 0 Å². The first-order valence-electron chi connectivity index (χ1n) is 5.37. The van der Waals surface area contributed by atoms with E-state index in [1.165, 1.54) is 12.1 Å². The van der Waals surface area contributed by atoms with Crippen LogP contribution in [0.25, 0.3) is 0 Å². The number of rotatable bonds is 5. The number of aliphatic carboxylic acids is 1. The third-order valence-corrected chi connectivity index (χ3v) is 2.36. The summed E-state index contributed by atoms with van der Waals surface area (Å²) in [5.41, 5.74) is 0.593. The van der Waals surface area contributed by atoms with Gasteiger partial charge in [-0.2, -0.15) is 0 Å². The zero-order chi connectivity index (χ0) is 13.7. The largest absolute Gasteiger partial charge is 0.479 e. The van der Waals surface area contributed by atoms with Crippen LogP contribution < -0.4 is 5.32 Å². The van der Waals surface area contributed by atoms with Crippen molar-refractivity contribution in [3.8, 4) is 0 Å². The Kier molecular flexibility index (Phi) is 4.79. The van der Waals surface area contributed by atoms with Crippen molar-refractivity contribution in [1.82, 2.24) is 5.32 Å². The fourth-order valence-electron chi connectivity index (χ4n) is 1.35. The molecule has 98 valence electrons. The van der Waals surface area contributed by atoms with Crippen molar-refractivity contribution >= 4 is 11.9 Å². The van der Waals surface area contributed by atoms with Crippen LogP contribution in [0.3, 0.4) is 0 Å². The summed E-state index contributed by atoms with van der Waals surface area (Å²) in [6.45, 7) is 1.66. The van der Waals surface area contributed by atoms with Gasteiger partial charge in [0, 0.05) is 13.0 Å². The lowest BCUT2D eigenvalue weighted by atomic mass is 10.1. The average Bonchev–Trinajstić information content (AvgIpc) is 2.28. The Morgan fingerprint density at radius 3 is 2.67 bits per heavy atom. The van der Waals surface area contributed by atoms with Crippen LogP contribution in [0.15, 0.2) is 18.2 Å². The highest BCUT2D eigenvalue weighted by atomic mass is 19.1. The normalized spacial score (nSPS) is 11.9. The summed E-state index contributed by atoms with van der Waals surface area (Å²) in [7, 11) is 0.